The molecule has 0 spiro atoms. The van der Waals surface area contributed by atoms with Gasteiger partial charge in [0.15, 0.2) is 0 Å². The average Bonchev–Trinajstić information content (AvgIpc) is 3.31. The molecule has 1 heterocycles. The summed E-state index contributed by atoms with van der Waals surface area (Å²) in [5, 5.41) is 13.7. The van der Waals surface area contributed by atoms with Crippen LogP contribution < -0.4 is 5.32 Å². The van der Waals surface area contributed by atoms with E-state index in [9.17, 15) is 5.11 Å². The highest BCUT2D eigenvalue weighted by Gasteiger charge is 2.34. The monoisotopic (exact) mass is 319 g/mol. The van der Waals surface area contributed by atoms with Gasteiger partial charge in [0.2, 0.25) is 0 Å². The van der Waals surface area contributed by atoms with E-state index in [1.807, 2.05) is 12.1 Å². The minimum absolute atomic E-state index is 0. The molecule has 1 saturated carbocycles. The first-order valence-electron chi connectivity index (χ1n) is 8.55. The summed E-state index contributed by atoms with van der Waals surface area (Å²) < 4.78 is 0. The van der Waals surface area contributed by atoms with Crippen LogP contribution in [0.3, 0.4) is 0 Å². The maximum absolute atomic E-state index is 9.76. The molecule has 2 atom stereocenters. The number of aromatic hydroxyl groups is 1. The molecule has 3 heteroatoms. The van der Waals surface area contributed by atoms with Crippen molar-refractivity contribution >= 4 is 12.4 Å². The van der Waals surface area contributed by atoms with Crippen LogP contribution in [0.15, 0.2) is 35.4 Å². The lowest BCUT2D eigenvalue weighted by Crippen LogP contribution is -2.40. The van der Waals surface area contributed by atoms with Crippen LogP contribution in [0.4, 0.5) is 0 Å². The van der Waals surface area contributed by atoms with Crippen molar-refractivity contribution in [2.45, 2.75) is 63.5 Å². The highest BCUT2D eigenvalue weighted by atomic mass is 35.5. The lowest BCUT2D eigenvalue weighted by atomic mass is 9.78. The zero-order valence-electron chi connectivity index (χ0n) is 13.1. The second kappa shape index (κ2) is 6.64. The normalized spacial score (nSPS) is 28.0. The van der Waals surface area contributed by atoms with E-state index in [1.165, 1.54) is 50.5 Å². The summed E-state index contributed by atoms with van der Waals surface area (Å²) in [5.41, 5.74) is 4.71. The fourth-order valence-electron chi connectivity index (χ4n) is 4.15. The number of hydrogen-bond donors (Lipinski definition) is 2. The molecule has 1 aromatic rings. The Morgan fingerprint density at radius 3 is 2.73 bits per heavy atom. The highest BCUT2D eigenvalue weighted by Crippen LogP contribution is 2.43. The van der Waals surface area contributed by atoms with Crippen LogP contribution in [0.2, 0.25) is 0 Å². The van der Waals surface area contributed by atoms with E-state index in [1.54, 1.807) is 17.2 Å². The number of hydrogen-bond acceptors (Lipinski definition) is 2. The van der Waals surface area contributed by atoms with E-state index in [-0.39, 0.29) is 12.4 Å². The largest absolute Gasteiger partial charge is 0.508 e. The van der Waals surface area contributed by atoms with Crippen LogP contribution in [0.5, 0.6) is 5.75 Å². The van der Waals surface area contributed by atoms with Crippen molar-refractivity contribution in [2.75, 3.05) is 0 Å². The Hall–Kier alpha value is -0.990. The molecule has 0 amide bonds. The zero-order valence-corrected chi connectivity index (χ0v) is 13.9. The summed E-state index contributed by atoms with van der Waals surface area (Å²) in [5.74, 6) is 1.34. The molecule has 120 valence electrons. The van der Waals surface area contributed by atoms with Crippen molar-refractivity contribution in [1.82, 2.24) is 5.32 Å². The van der Waals surface area contributed by atoms with Crippen molar-refractivity contribution in [1.29, 1.82) is 0 Å². The van der Waals surface area contributed by atoms with Crippen molar-refractivity contribution < 1.29 is 5.11 Å². The van der Waals surface area contributed by atoms with E-state index >= 15 is 0 Å². The topological polar surface area (TPSA) is 32.3 Å². The molecule has 1 fully saturated rings. The number of rotatable bonds is 3. The molecule has 0 aromatic heterocycles. The quantitative estimate of drug-likeness (QED) is 0.778. The smallest absolute Gasteiger partial charge is 0.115 e. The van der Waals surface area contributed by atoms with Crippen LogP contribution in [0.1, 0.15) is 63.0 Å². The molecule has 1 aliphatic heterocycles. The van der Waals surface area contributed by atoms with Crippen LogP contribution in [0.25, 0.3) is 0 Å². The van der Waals surface area contributed by atoms with Gasteiger partial charge in [-0.05, 0) is 62.1 Å². The van der Waals surface area contributed by atoms with Crippen molar-refractivity contribution in [3.8, 4) is 5.75 Å². The third-order valence-corrected chi connectivity index (χ3v) is 5.44. The first-order chi connectivity index (χ1) is 10.3. The Morgan fingerprint density at radius 2 is 1.95 bits per heavy atom. The zero-order chi connectivity index (χ0) is 14.2. The van der Waals surface area contributed by atoms with Gasteiger partial charge in [-0.3, -0.25) is 0 Å². The van der Waals surface area contributed by atoms with Crippen LogP contribution in [-0.4, -0.2) is 11.1 Å². The number of phenols is 1. The first kappa shape index (κ1) is 15.9. The molecule has 0 unspecified atom stereocenters. The van der Waals surface area contributed by atoms with Gasteiger partial charge in [-0.15, -0.1) is 12.4 Å². The molecule has 0 saturated heterocycles. The molecule has 3 aliphatic rings. The van der Waals surface area contributed by atoms with Gasteiger partial charge < -0.3 is 10.4 Å². The Kier molecular flexibility index (Phi) is 4.79. The molecule has 0 radical (unpaired) electrons. The van der Waals surface area contributed by atoms with E-state index in [0.717, 1.165) is 12.3 Å². The van der Waals surface area contributed by atoms with Gasteiger partial charge in [0.25, 0.3) is 0 Å². The molecule has 22 heavy (non-hydrogen) atoms. The number of benzene rings is 1. The van der Waals surface area contributed by atoms with Crippen molar-refractivity contribution in [2.24, 2.45) is 5.92 Å². The van der Waals surface area contributed by atoms with Crippen LogP contribution in [-0.2, 0) is 0 Å². The third-order valence-electron chi connectivity index (χ3n) is 5.44. The highest BCUT2D eigenvalue weighted by molar-refractivity contribution is 5.85. The van der Waals surface area contributed by atoms with E-state index in [0.29, 0.717) is 17.8 Å². The minimum Gasteiger partial charge on any atom is -0.508 e. The number of phenolic OH excluding ortho intramolecular Hbond substituents is 1. The second-order valence-electron chi connectivity index (χ2n) is 7.09. The van der Waals surface area contributed by atoms with Crippen molar-refractivity contribution in [3.63, 3.8) is 0 Å². The van der Waals surface area contributed by atoms with Gasteiger partial charge in [-0.1, -0.05) is 36.1 Å². The SMILES string of the molecule is Cl.Oc1cccc([C@@H]2CC3=C(CCCC3)[C@@H](CC3CC3)N2)c1. The molecule has 2 nitrogen and oxygen atoms in total. The number of nitrogens with one attached hydrogen (secondary N) is 1. The summed E-state index contributed by atoms with van der Waals surface area (Å²) in [6, 6.07) is 8.79. The fourth-order valence-corrected chi connectivity index (χ4v) is 4.15. The molecular weight excluding hydrogens is 294 g/mol. The van der Waals surface area contributed by atoms with Crippen LogP contribution >= 0.6 is 12.4 Å². The average molecular weight is 320 g/mol. The molecule has 2 N–H and O–H groups in total. The van der Waals surface area contributed by atoms with E-state index in [4.69, 9.17) is 0 Å². The van der Waals surface area contributed by atoms with Crippen molar-refractivity contribution in [3.05, 3.63) is 41.0 Å². The summed E-state index contributed by atoms with van der Waals surface area (Å²) in [6.07, 6.45) is 10.7. The molecular formula is C19H26ClNO. The fraction of sp³-hybridized carbons (Fsp3) is 0.579. The first-order valence-corrected chi connectivity index (χ1v) is 8.55. The Labute approximate surface area is 139 Å². The third kappa shape index (κ3) is 3.33. The predicted molar refractivity (Wildman–Crippen MR) is 92.5 cm³/mol. The van der Waals surface area contributed by atoms with Crippen LogP contribution in [0, 0.1) is 5.92 Å². The van der Waals surface area contributed by atoms with Gasteiger partial charge in [0.05, 0.1) is 0 Å². The summed E-state index contributed by atoms with van der Waals surface area (Å²) >= 11 is 0. The Morgan fingerprint density at radius 1 is 1.14 bits per heavy atom. The van der Waals surface area contributed by atoms with E-state index in [2.05, 4.69) is 11.4 Å². The van der Waals surface area contributed by atoms with Gasteiger partial charge in [-0.2, -0.15) is 0 Å². The second-order valence-corrected chi connectivity index (χ2v) is 7.09. The lowest BCUT2D eigenvalue weighted by molar-refractivity contribution is 0.374. The van der Waals surface area contributed by atoms with Gasteiger partial charge in [0.1, 0.15) is 5.75 Å². The maximum Gasteiger partial charge on any atom is 0.115 e. The minimum atomic E-state index is 0. The standard InChI is InChI=1S/C19H25NO.ClH/c21-16-6-3-5-15(11-16)18-12-14-4-1-2-7-17(14)19(20-18)10-13-8-9-13;/h3,5-6,11,13,18-21H,1-2,4,7-10,12H2;1H/t18-,19+;/m0./s1. The summed E-state index contributed by atoms with van der Waals surface area (Å²) in [6.45, 7) is 0. The Bertz CT molecular complexity index is 564. The Balaban J connectivity index is 0.00000144. The maximum atomic E-state index is 9.76. The lowest BCUT2D eigenvalue weighted by Gasteiger charge is -2.38. The summed E-state index contributed by atoms with van der Waals surface area (Å²) in [4.78, 5) is 0. The van der Waals surface area contributed by atoms with E-state index < -0.39 is 0 Å². The van der Waals surface area contributed by atoms with Gasteiger partial charge in [-0.25, -0.2) is 0 Å². The summed E-state index contributed by atoms with van der Waals surface area (Å²) in [7, 11) is 0. The van der Waals surface area contributed by atoms with Gasteiger partial charge in [0, 0.05) is 12.1 Å². The predicted octanol–water partition coefficient (Wildman–Crippen LogP) is 4.89. The molecule has 0 bridgehead atoms. The van der Waals surface area contributed by atoms with Gasteiger partial charge >= 0.3 is 0 Å². The molecule has 4 rings (SSSR count). The molecule has 1 aromatic carbocycles. The molecule has 2 aliphatic carbocycles. The number of halogens is 1.